The summed E-state index contributed by atoms with van der Waals surface area (Å²) >= 11 is 0. The predicted octanol–water partition coefficient (Wildman–Crippen LogP) is 3.70. The van der Waals surface area contributed by atoms with Gasteiger partial charge in [0.25, 0.3) is 0 Å². The van der Waals surface area contributed by atoms with E-state index in [2.05, 4.69) is 6.07 Å². The van der Waals surface area contributed by atoms with E-state index in [1.165, 1.54) is 11.1 Å². The van der Waals surface area contributed by atoms with Crippen LogP contribution in [0, 0.1) is 6.92 Å². The maximum absolute atomic E-state index is 12.8. The summed E-state index contributed by atoms with van der Waals surface area (Å²) in [5, 5.41) is 9.54. The van der Waals surface area contributed by atoms with Gasteiger partial charge in [0.05, 0.1) is 5.92 Å². The van der Waals surface area contributed by atoms with Crippen molar-refractivity contribution in [3.63, 3.8) is 0 Å². The average Bonchev–Trinajstić information content (AvgIpc) is 2.60. The van der Waals surface area contributed by atoms with E-state index < -0.39 is 11.9 Å². The molecule has 0 saturated carbocycles. The molecule has 0 spiro atoms. The van der Waals surface area contributed by atoms with Gasteiger partial charge in [0, 0.05) is 19.5 Å². The molecule has 1 N–H and O–H groups in total. The first-order valence-electron chi connectivity index (χ1n) is 8.61. The van der Waals surface area contributed by atoms with Crippen LogP contribution >= 0.6 is 0 Å². The van der Waals surface area contributed by atoms with E-state index in [0.29, 0.717) is 13.0 Å². The molecule has 0 fully saturated rings. The van der Waals surface area contributed by atoms with Gasteiger partial charge in [-0.1, -0.05) is 55.5 Å². The van der Waals surface area contributed by atoms with Crippen molar-refractivity contribution < 1.29 is 14.7 Å². The van der Waals surface area contributed by atoms with Crippen molar-refractivity contribution in [2.75, 3.05) is 6.54 Å². The Balaban J connectivity index is 1.77. The first kappa shape index (κ1) is 17.2. The van der Waals surface area contributed by atoms with Gasteiger partial charge in [0.1, 0.15) is 0 Å². The number of carbonyl (C=O) groups is 2. The SMILES string of the molecule is Cc1ccccc1C(C)CC(=O)N1Cc2ccccc2C(C(=O)O)C1. The highest BCUT2D eigenvalue weighted by Crippen LogP contribution is 2.30. The Kier molecular flexibility index (Phi) is 4.88. The number of fused-ring (bicyclic) bond motifs is 1. The van der Waals surface area contributed by atoms with Crippen LogP contribution in [0.4, 0.5) is 0 Å². The molecule has 0 bridgehead atoms. The number of hydrogen-bond acceptors (Lipinski definition) is 2. The van der Waals surface area contributed by atoms with Crippen LogP contribution in [0.1, 0.15) is 47.4 Å². The highest BCUT2D eigenvalue weighted by atomic mass is 16.4. The molecular weight excluding hydrogens is 314 g/mol. The summed E-state index contributed by atoms with van der Waals surface area (Å²) in [5.74, 6) is -1.41. The maximum Gasteiger partial charge on any atom is 0.312 e. The standard InChI is InChI=1S/C21H23NO3/c1-14-7-3-5-9-17(14)15(2)11-20(23)22-12-16-8-4-6-10-18(16)19(13-22)21(24)25/h3-10,15,19H,11-13H2,1-2H3,(H,24,25). The molecule has 2 aromatic rings. The number of aryl methyl sites for hydroxylation is 1. The van der Waals surface area contributed by atoms with Crippen LogP contribution in [0.5, 0.6) is 0 Å². The fourth-order valence-electron chi connectivity index (χ4n) is 3.65. The summed E-state index contributed by atoms with van der Waals surface area (Å²) in [7, 11) is 0. The number of amides is 1. The number of hydrogen-bond donors (Lipinski definition) is 1. The van der Waals surface area contributed by atoms with Crippen LogP contribution in [0.3, 0.4) is 0 Å². The van der Waals surface area contributed by atoms with Crippen LogP contribution in [-0.4, -0.2) is 28.4 Å². The first-order valence-corrected chi connectivity index (χ1v) is 8.61. The largest absolute Gasteiger partial charge is 0.481 e. The van der Waals surface area contributed by atoms with E-state index in [4.69, 9.17) is 0 Å². The van der Waals surface area contributed by atoms with E-state index in [-0.39, 0.29) is 18.4 Å². The van der Waals surface area contributed by atoms with Gasteiger partial charge in [-0.15, -0.1) is 0 Å². The molecule has 1 amide bonds. The number of rotatable bonds is 4. The zero-order chi connectivity index (χ0) is 18.0. The van der Waals surface area contributed by atoms with Crippen molar-refractivity contribution in [3.05, 3.63) is 70.8 Å². The van der Waals surface area contributed by atoms with Gasteiger partial charge in [-0.05, 0) is 35.1 Å². The van der Waals surface area contributed by atoms with Gasteiger partial charge in [-0.3, -0.25) is 9.59 Å². The molecule has 1 aliphatic heterocycles. The Morgan fingerprint density at radius 3 is 2.56 bits per heavy atom. The molecular formula is C21H23NO3. The summed E-state index contributed by atoms with van der Waals surface area (Å²) in [6.45, 7) is 4.83. The minimum absolute atomic E-state index is 0.0107. The fraction of sp³-hybridized carbons (Fsp3) is 0.333. The van der Waals surface area contributed by atoms with Crippen molar-refractivity contribution in [1.29, 1.82) is 0 Å². The first-order chi connectivity index (χ1) is 12.0. The molecule has 2 aromatic carbocycles. The number of carboxylic acids is 1. The second kappa shape index (κ2) is 7.09. The van der Waals surface area contributed by atoms with Crippen LogP contribution in [0.25, 0.3) is 0 Å². The lowest BCUT2D eigenvalue weighted by Gasteiger charge is -2.33. The van der Waals surface area contributed by atoms with Crippen LogP contribution in [0.15, 0.2) is 48.5 Å². The number of aliphatic carboxylic acids is 1. The summed E-state index contributed by atoms with van der Waals surface area (Å²) in [5.41, 5.74) is 4.10. The molecule has 1 heterocycles. The highest BCUT2D eigenvalue weighted by molar-refractivity contribution is 5.82. The van der Waals surface area contributed by atoms with E-state index in [0.717, 1.165) is 11.1 Å². The second-order valence-corrected chi connectivity index (χ2v) is 6.83. The van der Waals surface area contributed by atoms with Crippen LogP contribution in [0.2, 0.25) is 0 Å². The Morgan fingerprint density at radius 1 is 1.16 bits per heavy atom. The molecule has 2 unspecified atom stereocenters. The molecule has 0 aliphatic carbocycles. The Bertz CT molecular complexity index is 799. The van der Waals surface area contributed by atoms with Gasteiger partial charge in [-0.25, -0.2) is 0 Å². The van der Waals surface area contributed by atoms with E-state index in [1.807, 2.05) is 56.3 Å². The third kappa shape index (κ3) is 3.58. The van der Waals surface area contributed by atoms with Crippen molar-refractivity contribution in [2.45, 2.75) is 38.6 Å². The molecule has 4 nitrogen and oxygen atoms in total. The van der Waals surface area contributed by atoms with Gasteiger partial charge in [0.15, 0.2) is 0 Å². The summed E-state index contributed by atoms with van der Waals surface area (Å²) < 4.78 is 0. The smallest absolute Gasteiger partial charge is 0.312 e. The number of benzene rings is 2. The molecule has 2 atom stereocenters. The number of carbonyl (C=O) groups excluding carboxylic acids is 1. The highest BCUT2D eigenvalue weighted by Gasteiger charge is 2.32. The lowest BCUT2D eigenvalue weighted by Crippen LogP contribution is -2.40. The lowest BCUT2D eigenvalue weighted by atomic mass is 9.88. The maximum atomic E-state index is 12.8. The van der Waals surface area contributed by atoms with Crippen molar-refractivity contribution in [2.24, 2.45) is 0 Å². The summed E-state index contributed by atoms with van der Waals surface area (Å²) in [6, 6.07) is 15.6. The normalized spacial score (nSPS) is 17.7. The van der Waals surface area contributed by atoms with Gasteiger partial charge >= 0.3 is 5.97 Å². The zero-order valence-electron chi connectivity index (χ0n) is 14.6. The third-order valence-electron chi connectivity index (χ3n) is 5.05. The molecule has 0 radical (unpaired) electrons. The van der Waals surface area contributed by atoms with Gasteiger partial charge in [-0.2, -0.15) is 0 Å². The van der Waals surface area contributed by atoms with Gasteiger partial charge < -0.3 is 10.0 Å². The van der Waals surface area contributed by atoms with Gasteiger partial charge in [0.2, 0.25) is 5.91 Å². The molecule has 0 aromatic heterocycles. The van der Waals surface area contributed by atoms with Crippen LogP contribution < -0.4 is 0 Å². The lowest BCUT2D eigenvalue weighted by molar-refractivity contribution is -0.141. The topological polar surface area (TPSA) is 57.6 Å². The second-order valence-electron chi connectivity index (χ2n) is 6.83. The average molecular weight is 337 g/mol. The molecule has 4 heteroatoms. The third-order valence-corrected chi connectivity index (χ3v) is 5.05. The number of carboxylic acid groups (broad SMARTS) is 1. The minimum Gasteiger partial charge on any atom is -0.481 e. The van der Waals surface area contributed by atoms with Crippen molar-refractivity contribution in [1.82, 2.24) is 4.90 Å². The Labute approximate surface area is 148 Å². The monoisotopic (exact) mass is 337 g/mol. The van der Waals surface area contributed by atoms with E-state index in [9.17, 15) is 14.7 Å². The van der Waals surface area contributed by atoms with Crippen molar-refractivity contribution >= 4 is 11.9 Å². The van der Waals surface area contributed by atoms with E-state index in [1.54, 1.807) is 4.90 Å². The zero-order valence-corrected chi connectivity index (χ0v) is 14.6. The molecule has 130 valence electrons. The van der Waals surface area contributed by atoms with Crippen molar-refractivity contribution in [3.8, 4) is 0 Å². The minimum atomic E-state index is -0.878. The molecule has 0 saturated heterocycles. The van der Waals surface area contributed by atoms with E-state index >= 15 is 0 Å². The molecule has 3 rings (SSSR count). The molecule has 1 aliphatic rings. The predicted molar refractivity (Wildman–Crippen MR) is 96.4 cm³/mol. The fourth-order valence-corrected chi connectivity index (χ4v) is 3.65. The Hall–Kier alpha value is -2.62. The quantitative estimate of drug-likeness (QED) is 0.925. The Morgan fingerprint density at radius 2 is 1.84 bits per heavy atom. The summed E-state index contributed by atoms with van der Waals surface area (Å²) in [4.78, 5) is 26.1. The molecule has 25 heavy (non-hydrogen) atoms. The number of nitrogens with zero attached hydrogens (tertiary/aromatic N) is 1. The van der Waals surface area contributed by atoms with Crippen LogP contribution in [-0.2, 0) is 16.1 Å². The summed E-state index contributed by atoms with van der Waals surface area (Å²) in [6.07, 6.45) is 0.388.